The molecule has 0 bridgehead atoms. The Hall–Kier alpha value is -1.96. The van der Waals surface area contributed by atoms with Crippen LogP contribution in [-0.2, 0) is 31.7 Å². The first-order valence-electron chi connectivity index (χ1n) is 17.5. The van der Waals surface area contributed by atoms with Gasteiger partial charge in [0.15, 0.2) is 0 Å². The average Bonchev–Trinajstić information content (AvgIpc) is 3.58. The Morgan fingerprint density at radius 3 is 1.16 bits per heavy atom. The first-order chi connectivity index (χ1) is 22.7. The van der Waals surface area contributed by atoms with Gasteiger partial charge in [0.25, 0.3) is 0 Å². The summed E-state index contributed by atoms with van der Waals surface area (Å²) >= 11 is -0.826. The van der Waals surface area contributed by atoms with Crippen molar-refractivity contribution in [3.05, 3.63) is 144 Å². The molecular weight excluding hydrogens is 743 g/mol. The van der Waals surface area contributed by atoms with Gasteiger partial charge in [0, 0.05) is 11.1 Å². The molecule has 4 heteroatoms. The minimum absolute atomic E-state index is 0. The van der Waals surface area contributed by atoms with E-state index in [9.17, 15) is 0 Å². The normalized spacial score (nSPS) is 16.4. The van der Waals surface area contributed by atoms with Crippen molar-refractivity contribution in [1.82, 2.24) is 0 Å². The fourth-order valence-corrected chi connectivity index (χ4v) is 14.9. The number of halogens is 2. The molecule has 0 aromatic heterocycles. The molecule has 0 amide bonds. The molecule has 0 aliphatic heterocycles. The average molecular weight is 801 g/mol. The number of rotatable bonds is 6. The van der Waals surface area contributed by atoms with E-state index in [2.05, 4.69) is 166 Å². The van der Waals surface area contributed by atoms with Crippen molar-refractivity contribution in [3.63, 3.8) is 0 Å². The van der Waals surface area contributed by atoms with Gasteiger partial charge in [-0.25, -0.2) is 0 Å². The molecular formula is C46H58Cl2SiZr. The van der Waals surface area contributed by atoms with Crippen molar-refractivity contribution < 1.29 is 20.8 Å². The molecule has 0 spiro atoms. The second-order valence-corrected chi connectivity index (χ2v) is 24.7. The zero-order chi connectivity index (χ0) is 35.0. The summed E-state index contributed by atoms with van der Waals surface area (Å²) in [6.07, 6.45) is 5.09. The Kier molecular flexibility index (Phi) is 14.3. The number of allylic oxidation sites excluding steroid dienone is 2. The molecule has 4 aromatic carbocycles. The fourth-order valence-electron chi connectivity index (χ4n) is 8.67. The Balaban J connectivity index is 0.00000131. The van der Waals surface area contributed by atoms with Crippen molar-refractivity contribution in [3.8, 4) is 22.3 Å². The van der Waals surface area contributed by atoms with Crippen molar-refractivity contribution in [2.75, 3.05) is 0 Å². The maximum atomic E-state index is 4.93. The van der Waals surface area contributed by atoms with Crippen molar-refractivity contribution >= 4 is 37.3 Å². The molecule has 6 rings (SSSR count). The molecule has 0 nitrogen and oxygen atoms in total. The van der Waals surface area contributed by atoms with Crippen LogP contribution in [0.4, 0.5) is 0 Å². The number of fused-ring (bicyclic) bond motifs is 2. The van der Waals surface area contributed by atoms with Gasteiger partial charge in [-0.05, 0) is 80.3 Å². The van der Waals surface area contributed by atoms with Crippen LogP contribution >= 0.6 is 17.0 Å². The summed E-state index contributed by atoms with van der Waals surface area (Å²) in [7, 11) is 7.91. The van der Waals surface area contributed by atoms with Gasteiger partial charge in [-0.2, -0.15) is 0 Å². The SMILES string of the molecule is CC[Si](CC)(C1C(C)=Cc2c(-c3ccc(C(C)(C)C)cc3)cccc21)C1C(C)=Cc2c(-c3ccc(C(C)(C)C)cc3)cccc21.[CH3-].[CH3-].[Cl][Zr+2][Cl]. The molecule has 0 heterocycles. The van der Waals surface area contributed by atoms with E-state index in [-0.39, 0.29) is 25.7 Å². The van der Waals surface area contributed by atoms with Crippen LogP contribution in [-0.4, -0.2) is 8.07 Å². The molecule has 0 fully saturated rings. The number of benzene rings is 4. The second kappa shape index (κ2) is 16.8. The van der Waals surface area contributed by atoms with E-state index in [1.807, 2.05) is 0 Å². The van der Waals surface area contributed by atoms with Crippen LogP contribution in [0.1, 0.15) is 114 Å². The summed E-state index contributed by atoms with van der Waals surface area (Å²) in [5, 5.41) is 0. The van der Waals surface area contributed by atoms with Crippen LogP contribution in [0.2, 0.25) is 12.1 Å². The van der Waals surface area contributed by atoms with E-state index in [1.54, 1.807) is 22.3 Å². The Labute approximate surface area is 325 Å². The second-order valence-electron chi connectivity index (χ2n) is 15.9. The molecule has 264 valence electrons. The third-order valence-corrected chi connectivity index (χ3v) is 17.6. The Morgan fingerprint density at radius 2 is 0.880 bits per heavy atom. The van der Waals surface area contributed by atoms with Crippen LogP contribution in [0.3, 0.4) is 0 Å². The van der Waals surface area contributed by atoms with Crippen LogP contribution in [0, 0.1) is 14.9 Å². The van der Waals surface area contributed by atoms with E-state index in [0.717, 1.165) is 0 Å². The standard InChI is InChI=1S/C44H52Si.2CH3.2ClH.Zr/c1-11-45(12-2,41-29(3)27-39-35(15-13-17-37(39)41)31-19-23-33(24-20-31)43(5,6)7)42-30(4)28-40-36(16-14-18-38(40)42)32-21-25-34(26-22-32)44(8,9)10;;;;;/h13-28,41-42H,11-12H2,1-10H3;2*1H3;2*1H;/q;2*-1;;;+4/p-2. The molecule has 2 atom stereocenters. The summed E-state index contributed by atoms with van der Waals surface area (Å²) in [5.41, 5.74) is 18.7. The quantitative estimate of drug-likeness (QED) is 0.135. The van der Waals surface area contributed by atoms with Gasteiger partial charge in [-0.15, -0.1) is 0 Å². The third-order valence-electron chi connectivity index (χ3n) is 11.1. The number of hydrogen-bond donors (Lipinski definition) is 0. The monoisotopic (exact) mass is 798 g/mol. The van der Waals surface area contributed by atoms with Crippen LogP contribution in [0.15, 0.2) is 96.1 Å². The summed E-state index contributed by atoms with van der Waals surface area (Å²) in [6, 6.07) is 35.4. The van der Waals surface area contributed by atoms with Gasteiger partial charge in [0.05, 0.1) is 8.07 Å². The predicted molar refractivity (Wildman–Crippen MR) is 225 cm³/mol. The molecule has 2 aliphatic carbocycles. The maximum absolute atomic E-state index is 4.93. The molecule has 0 saturated heterocycles. The summed E-state index contributed by atoms with van der Waals surface area (Å²) in [5.74, 6) is 0. The minimum atomic E-state index is -1.96. The van der Waals surface area contributed by atoms with E-state index < -0.39 is 28.9 Å². The van der Waals surface area contributed by atoms with Gasteiger partial charge in [0.1, 0.15) is 0 Å². The van der Waals surface area contributed by atoms with Gasteiger partial charge in [0.2, 0.25) is 0 Å². The molecule has 0 saturated carbocycles. The van der Waals surface area contributed by atoms with Gasteiger partial charge in [-0.1, -0.05) is 176 Å². The van der Waals surface area contributed by atoms with Crippen LogP contribution < -0.4 is 0 Å². The Morgan fingerprint density at radius 1 is 0.560 bits per heavy atom. The number of hydrogen-bond acceptors (Lipinski definition) is 0. The first-order valence-corrected chi connectivity index (χ1v) is 26.4. The van der Waals surface area contributed by atoms with Gasteiger partial charge < -0.3 is 14.9 Å². The van der Waals surface area contributed by atoms with E-state index in [0.29, 0.717) is 11.1 Å². The molecule has 2 aliphatic rings. The topological polar surface area (TPSA) is 0 Å². The summed E-state index contributed by atoms with van der Waals surface area (Å²) in [6.45, 7) is 23.6. The molecule has 2 unspecified atom stereocenters. The molecule has 0 N–H and O–H groups in total. The van der Waals surface area contributed by atoms with E-state index >= 15 is 0 Å². The van der Waals surface area contributed by atoms with Crippen LogP contribution in [0.5, 0.6) is 0 Å². The zero-order valence-corrected chi connectivity index (χ0v) is 37.5. The molecule has 4 aromatic rings. The van der Waals surface area contributed by atoms with E-state index in [1.165, 1.54) is 56.6 Å². The third kappa shape index (κ3) is 8.00. The van der Waals surface area contributed by atoms with Gasteiger partial charge in [-0.3, -0.25) is 0 Å². The first kappa shape index (κ1) is 42.5. The van der Waals surface area contributed by atoms with Crippen molar-refractivity contribution in [2.45, 2.75) is 103 Å². The zero-order valence-electron chi connectivity index (χ0n) is 32.6. The predicted octanol–water partition coefficient (Wildman–Crippen LogP) is 15.2. The van der Waals surface area contributed by atoms with Crippen molar-refractivity contribution in [2.24, 2.45) is 0 Å². The van der Waals surface area contributed by atoms with Crippen molar-refractivity contribution in [1.29, 1.82) is 0 Å². The Bertz CT molecular complexity index is 1680. The summed E-state index contributed by atoms with van der Waals surface area (Å²) < 4.78 is 0. The van der Waals surface area contributed by atoms with Crippen LogP contribution in [0.25, 0.3) is 34.4 Å². The summed E-state index contributed by atoms with van der Waals surface area (Å²) in [4.78, 5) is 0. The van der Waals surface area contributed by atoms with E-state index in [4.69, 9.17) is 17.0 Å². The van der Waals surface area contributed by atoms with Gasteiger partial charge >= 0.3 is 37.9 Å². The molecule has 0 radical (unpaired) electrons. The molecule has 50 heavy (non-hydrogen) atoms. The fraction of sp³-hybridized carbons (Fsp3) is 0.348.